The lowest BCUT2D eigenvalue weighted by Crippen LogP contribution is -2.30. The summed E-state index contributed by atoms with van der Waals surface area (Å²) in [7, 11) is 3.87. The monoisotopic (exact) mass is 250 g/mol. The van der Waals surface area contributed by atoms with Crippen LogP contribution in [0.3, 0.4) is 0 Å². The number of hydrogen-bond acceptors (Lipinski definition) is 3. The van der Waals surface area contributed by atoms with E-state index in [2.05, 4.69) is 56.2 Å². The lowest BCUT2D eigenvalue weighted by atomic mass is 10.0. The number of ether oxygens (including phenoxy) is 1. The highest BCUT2D eigenvalue weighted by molar-refractivity contribution is 5.38. The summed E-state index contributed by atoms with van der Waals surface area (Å²) in [5, 5.41) is 3.54. The van der Waals surface area contributed by atoms with Crippen molar-refractivity contribution < 1.29 is 4.74 Å². The molecule has 1 N–H and O–H groups in total. The minimum Gasteiger partial charge on any atom is -0.496 e. The summed E-state index contributed by atoms with van der Waals surface area (Å²) in [5.41, 5.74) is 2.45. The van der Waals surface area contributed by atoms with Crippen LogP contribution in [0.5, 0.6) is 5.75 Å². The standard InChI is InChI=1S/C15H26N2O/c1-6-17(4)10-9-16-13(3)14-8-7-12(2)11-15(14)18-5/h7-8,11,13,16H,6,9-10H2,1-5H3. The Morgan fingerprint density at radius 3 is 2.72 bits per heavy atom. The molecule has 0 heterocycles. The van der Waals surface area contributed by atoms with Gasteiger partial charge in [-0.2, -0.15) is 0 Å². The van der Waals surface area contributed by atoms with Gasteiger partial charge in [-0.3, -0.25) is 0 Å². The molecule has 1 aromatic carbocycles. The molecule has 1 unspecified atom stereocenters. The fourth-order valence-electron chi connectivity index (χ4n) is 1.92. The second kappa shape index (κ2) is 7.39. The molecule has 1 atom stereocenters. The SMILES string of the molecule is CCN(C)CCNC(C)c1ccc(C)cc1OC. The number of methoxy groups -OCH3 is 1. The van der Waals surface area contributed by atoms with Crippen molar-refractivity contribution in [3.05, 3.63) is 29.3 Å². The van der Waals surface area contributed by atoms with Gasteiger partial charge in [-0.1, -0.05) is 19.1 Å². The first-order chi connectivity index (χ1) is 8.58. The van der Waals surface area contributed by atoms with Crippen LogP contribution in [-0.2, 0) is 0 Å². The molecule has 3 nitrogen and oxygen atoms in total. The molecule has 18 heavy (non-hydrogen) atoms. The number of likely N-dealkylation sites (N-methyl/N-ethyl adjacent to an activating group) is 1. The Labute approximate surface area is 111 Å². The lowest BCUT2D eigenvalue weighted by molar-refractivity contribution is 0.340. The maximum Gasteiger partial charge on any atom is 0.123 e. The van der Waals surface area contributed by atoms with Crippen LogP contribution in [0.4, 0.5) is 0 Å². The first-order valence-corrected chi connectivity index (χ1v) is 6.65. The Morgan fingerprint density at radius 2 is 2.11 bits per heavy atom. The minimum atomic E-state index is 0.311. The molecule has 0 radical (unpaired) electrons. The topological polar surface area (TPSA) is 24.5 Å². The van der Waals surface area contributed by atoms with Crippen molar-refractivity contribution in [3.8, 4) is 5.75 Å². The fourth-order valence-corrected chi connectivity index (χ4v) is 1.92. The van der Waals surface area contributed by atoms with Crippen LogP contribution in [0.15, 0.2) is 18.2 Å². The molecule has 0 fully saturated rings. The van der Waals surface area contributed by atoms with Crippen LogP contribution in [0.1, 0.15) is 31.0 Å². The van der Waals surface area contributed by atoms with E-state index in [0.29, 0.717) is 6.04 Å². The van der Waals surface area contributed by atoms with E-state index in [-0.39, 0.29) is 0 Å². The zero-order valence-electron chi connectivity index (χ0n) is 12.3. The summed E-state index contributed by atoms with van der Waals surface area (Å²) in [5.74, 6) is 0.971. The Kier molecular flexibility index (Phi) is 6.16. The lowest BCUT2D eigenvalue weighted by Gasteiger charge is -2.20. The molecule has 0 saturated heterocycles. The number of nitrogens with zero attached hydrogens (tertiary/aromatic N) is 1. The third kappa shape index (κ3) is 4.31. The summed E-state index contributed by atoms with van der Waals surface area (Å²) < 4.78 is 5.45. The molecule has 0 spiro atoms. The van der Waals surface area contributed by atoms with Gasteiger partial charge >= 0.3 is 0 Å². The van der Waals surface area contributed by atoms with Gasteiger partial charge in [-0.15, -0.1) is 0 Å². The summed E-state index contributed by atoms with van der Waals surface area (Å²) in [6, 6.07) is 6.68. The van der Waals surface area contributed by atoms with Crippen molar-refractivity contribution in [2.75, 3.05) is 33.8 Å². The number of rotatable bonds is 7. The molecule has 0 bridgehead atoms. The average molecular weight is 250 g/mol. The van der Waals surface area contributed by atoms with Gasteiger partial charge in [0.2, 0.25) is 0 Å². The van der Waals surface area contributed by atoms with Gasteiger partial charge in [0.25, 0.3) is 0 Å². The number of hydrogen-bond donors (Lipinski definition) is 1. The largest absolute Gasteiger partial charge is 0.496 e. The van der Waals surface area contributed by atoms with Crippen LogP contribution in [0.2, 0.25) is 0 Å². The van der Waals surface area contributed by atoms with E-state index < -0.39 is 0 Å². The second-order valence-electron chi connectivity index (χ2n) is 4.82. The first kappa shape index (κ1) is 15.0. The fraction of sp³-hybridized carbons (Fsp3) is 0.600. The normalized spacial score (nSPS) is 12.8. The molecule has 1 aromatic rings. The van der Waals surface area contributed by atoms with Gasteiger partial charge in [0.1, 0.15) is 5.75 Å². The first-order valence-electron chi connectivity index (χ1n) is 6.65. The molecule has 1 rings (SSSR count). The maximum absolute atomic E-state index is 5.45. The molecule has 0 saturated carbocycles. The van der Waals surface area contributed by atoms with E-state index in [1.165, 1.54) is 11.1 Å². The van der Waals surface area contributed by atoms with Crippen molar-refractivity contribution in [1.82, 2.24) is 10.2 Å². The van der Waals surface area contributed by atoms with E-state index in [4.69, 9.17) is 4.74 Å². The number of nitrogens with one attached hydrogen (secondary N) is 1. The van der Waals surface area contributed by atoms with Crippen LogP contribution in [0, 0.1) is 6.92 Å². The summed E-state index contributed by atoms with van der Waals surface area (Å²) in [4.78, 5) is 2.30. The van der Waals surface area contributed by atoms with Gasteiger partial charge in [-0.25, -0.2) is 0 Å². The van der Waals surface area contributed by atoms with Crippen molar-refractivity contribution in [1.29, 1.82) is 0 Å². The minimum absolute atomic E-state index is 0.311. The van der Waals surface area contributed by atoms with Gasteiger partial charge in [0.15, 0.2) is 0 Å². The zero-order valence-corrected chi connectivity index (χ0v) is 12.3. The highest BCUT2D eigenvalue weighted by Crippen LogP contribution is 2.25. The van der Waals surface area contributed by atoms with Gasteiger partial charge in [0.05, 0.1) is 7.11 Å². The molecule has 0 aromatic heterocycles. The van der Waals surface area contributed by atoms with E-state index >= 15 is 0 Å². The van der Waals surface area contributed by atoms with E-state index in [1.807, 2.05) is 0 Å². The Bertz CT molecular complexity index is 366. The predicted molar refractivity (Wildman–Crippen MR) is 77.3 cm³/mol. The van der Waals surface area contributed by atoms with Crippen LogP contribution < -0.4 is 10.1 Å². The predicted octanol–water partition coefficient (Wildman–Crippen LogP) is 2.61. The van der Waals surface area contributed by atoms with E-state index in [1.54, 1.807) is 7.11 Å². The van der Waals surface area contributed by atoms with Crippen molar-refractivity contribution in [2.24, 2.45) is 0 Å². The molecule has 0 amide bonds. The Morgan fingerprint density at radius 1 is 1.39 bits per heavy atom. The van der Waals surface area contributed by atoms with Gasteiger partial charge in [0, 0.05) is 24.7 Å². The summed E-state index contributed by atoms with van der Waals surface area (Å²) in [6.07, 6.45) is 0. The van der Waals surface area contributed by atoms with Gasteiger partial charge in [-0.05, 0) is 39.1 Å². The molecule has 0 aliphatic rings. The molecule has 3 heteroatoms. The molecule has 0 aliphatic carbocycles. The smallest absolute Gasteiger partial charge is 0.123 e. The molecule has 102 valence electrons. The van der Waals surface area contributed by atoms with Crippen molar-refractivity contribution in [3.63, 3.8) is 0 Å². The van der Waals surface area contributed by atoms with Crippen LogP contribution in [0.25, 0.3) is 0 Å². The molecular weight excluding hydrogens is 224 g/mol. The maximum atomic E-state index is 5.45. The van der Waals surface area contributed by atoms with E-state index in [0.717, 1.165) is 25.4 Å². The van der Waals surface area contributed by atoms with Crippen molar-refractivity contribution >= 4 is 0 Å². The molecule has 0 aliphatic heterocycles. The summed E-state index contributed by atoms with van der Waals surface area (Å²) >= 11 is 0. The van der Waals surface area contributed by atoms with Crippen molar-refractivity contribution in [2.45, 2.75) is 26.8 Å². The number of benzene rings is 1. The highest BCUT2D eigenvalue weighted by atomic mass is 16.5. The summed E-state index contributed by atoms with van der Waals surface area (Å²) in [6.45, 7) is 9.58. The second-order valence-corrected chi connectivity index (χ2v) is 4.82. The average Bonchev–Trinajstić information content (AvgIpc) is 2.37. The van der Waals surface area contributed by atoms with Crippen LogP contribution >= 0.6 is 0 Å². The van der Waals surface area contributed by atoms with Gasteiger partial charge < -0.3 is 15.0 Å². The Hall–Kier alpha value is -1.06. The van der Waals surface area contributed by atoms with E-state index in [9.17, 15) is 0 Å². The third-order valence-electron chi connectivity index (χ3n) is 3.34. The molecular formula is C15H26N2O. The highest BCUT2D eigenvalue weighted by Gasteiger charge is 2.10. The quantitative estimate of drug-likeness (QED) is 0.805. The zero-order chi connectivity index (χ0) is 13.5. The van der Waals surface area contributed by atoms with Crippen LogP contribution in [-0.4, -0.2) is 38.7 Å². The Balaban J connectivity index is 2.58. The number of aryl methyl sites for hydroxylation is 1. The third-order valence-corrected chi connectivity index (χ3v) is 3.34.